The van der Waals surface area contributed by atoms with Crippen molar-refractivity contribution >= 4 is 28.4 Å². The third-order valence-electron chi connectivity index (χ3n) is 7.43. The fourth-order valence-electron chi connectivity index (χ4n) is 5.33. The van der Waals surface area contributed by atoms with Crippen LogP contribution in [0, 0.1) is 0 Å². The number of alkyl halides is 1. The summed E-state index contributed by atoms with van der Waals surface area (Å²) in [5.74, 6) is 0.447. The van der Waals surface area contributed by atoms with Crippen molar-refractivity contribution in [3.8, 4) is 11.3 Å². The van der Waals surface area contributed by atoms with Crippen molar-refractivity contribution < 1.29 is 13.9 Å². The molecule has 2 fully saturated rings. The minimum absolute atomic E-state index is 0.0216. The van der Waals surface area contributed by atoms with E-state index < -0.39 is 6.17 Å². The molecular formula is C25H29FN8O2. The van der Waals surface area contributed by atoms with Gasteiger partial charge < -0.3 is 24.8 Å². The monoisotopic (exact) mass is 492 g/mol. The van der Waals surface area contributed by atoms with Gasteiger partial charge in [0.15, 0.2) is 5.65 Å². The molecule has 188 valence electrons. The normalized spacial score (nSPS) is 24.3. The highest BCUT2D eigenvalue weighted by molar-refractivity contribution is 6.01. The van der Waals surface area contributed by atoms with E-state index in [4.69, 9.17) is 9.72 Å². The third-order valence-corrected chi connectivity index (χ3v) is 7.43. The molecule has 1 saturated heterocycles. The molecule has 1 saturated carbocycles. The number of carbonyl (C=O) groups is 1. The highest BCUT2D eigenvalue weighted by Gasteiger charge is 2.35. The van der Waals surface area contributed by atoms with Crippen LogP contribution in [0.5, 0.6) is 0 Å². The van der Waals surface area contributed by atoms with Gasteiger partial charge in [0.2, 0.25) is 0 Å². The average Bonchev–Trinajstić information content (AvgIpc) is 3.55. The van der Waals surface area contributed by atoms with E-state index in [2.05, 4.69) is 20.7 Å². The first kappa shape index (κ1) is 22.9. The standard InChI is InChI=1S/C25H29FN8O2/c1-27-22-9-19(30-24-15(10-29-34(22)24)25(35)31-18-6-7-21(18)36-3)16-11-33(20-13-32(2)12-17(20)26)23-14(16)5-4-8-28-23/h4-5,8-11,17-18,20-21,27H,6-7,12-13H2,1-3H3,(H,31,35)/t17-,18-,20-,21-/m0/s1. The molecule has 2 aliphatic rings. The Labute approximate surface area is 207 Å². The van der Waals surface area contributed by atoms with Gasteiger partial charge in [0, 0.05) is 56.7 Å². The van der Waals surface area contributed by atoms with Crippen molar-refractivity contribution in [3.63, 3.8) is 0 Å². The van der Waals surface area contributed by atoms with Crippen LogP contribution < -0.4 is 10.6 Å². The van der Waals surface area contributed by atoms with Crippen LogP contribution in [0.2, 0.25) is 0 Å². The quantitative estimate of drug-likeness (QED) is 0.427. The van der Waals surface area contributed by atoms with Crippen LogP contribution in [0.25, 0.3) is 27.9 Å². The SMILES string of the molecule is CNc1cc(-c2cn([C@H]3CN(C)C[C@@H]3F)c3ncccc23)nc2c(C(=O)N[C@H]3CC[C@@H]3OC)cnn12. The lowest BCUT2D eigenvalue weighted by atomic mass is 9.89. The minimum Gasteiger partial charge on any atom is -0.379 e. The molecule has 4 atom stereocenters. The number of amides is 1. The third kappa shape index (κ3) is 3.61. The second-order valence-corrected chi connectivity index (χ2v) is 9.63. The van der Waals surface area contributed by atoms with Crippen LogP contribution in [-0.4, -0.2) is 87.6 Å². The van der Waals surface area contributed by atoms with Crippen molar-refractivity contribution in [2.45, 2.75) is 37.2 Å². The number of fused-ring (bicyclic) bond motifs is 2. The zero-order valence-corrected chi connectivity index (χ0v) is 20.5. The van der Waals surface area contributed by atoms with Gasteiger partial charge in [-0.15, -0.1) is 0 Å². The van der Waals surface area contributed by atoms with Gasteiger partial charge in [-0.3, -0.25) is 4.79 Å². The lowest BCUT2D eigenvalue weighted by molar-refractivity contribution is 0.00732. The molecule has 1 aliphatic carbocycles. The molecule has 1 aliphatic heterocycles. The molecule has 11 heteroatoms. The van der Waals surface area contributed by atoms with E-state index in [1.54, 1.807) is 24.9 Å². The van der Waals surface area contributed by atoms with Crippen molar-refractivity contribution in [1.82, 2.24) is 34.4 Å². The lowest BCUT2D eigenvalue weighted by Crippen LogP contribution is -2.51. The maximum Gasteiger partial charge on any atom is 0.257 e. The van der Waals surface area contributed by atoms with E-state index in [1.165, 1.54) is 6.20 Å². The minimum atomic E-state index is -0.990. The highest BCUT2D eigenvalue weighted by Crippen LogP contribution is 2.35. The summed E-state index contributed by atoms with van der Waals surface area (Å²) < 4.78 is 23.9. The predicted octanol–water partition coefficient (Wildman–Crippen LogP) is 2.52. The van der Waals surface area contributed by atoms with E-state index in [9.17, 15) is 9.18 Å². The molecule has 1 amide bonds. The predicted molar refractivity (Wildman–Crippen MR) is 134 cm³/mol. The van der Waals surface area contributed by atoms with Gasteiger partial charge in [0.1, 0.15) is 23.2 Å². The van der Waals surface area contributed by atoms with Crippen LogP contribution >= 0.6 is 0 Å². The first-order chi connectivity index (χ1) is 17.5. The van der Waals surface area contributed by atoms with Crippen LogP contribution in [0.4, 0.5) is 10.2 Å². The zero-order chi connectivity index (χ0) is 25.0. The number of nitrogens with one attached hydrogen (secondary N) is 2. The van der Waals surface area contributed by atoms with Crippen molar-refractivity contribution in [2.24, 2.45) is 0 Å². The summed E-state index contributed by atoms with van der Waals surface area (Å²) in [5, 5.41) is 11.5. The topological polar surface area (TPSA) is 102 Å². The van der Waals surface area contributed by atoms with Gasteiger partial charge in [-0.05, 0) is 32.0 Å². The van der Waals surface area contributed by atoms with E-state index in [0.29, 0.717) is 41.5 Å². The molecule has 0 bridgehead atoms. The Kier molecular flexibility index (Phi) is 5.60. The number of rotatable bonds is 6. The van der Waals surface area contributed by atoms with Gasteiger partial charge in [-0.25, -0.2) is 14.4 Å². The smallest absolute Gasteiger partial charge is 0.257 e. The summed E-state index contributed by atoms with van der Waals surface area (Å²) in [5.41, 5.74) is 3.02. The number of likely N-dealkylation sites (N-methyl/N-ethyl adjacent to an activating group) is 1. The number of methoxy groups -OCH3 is 1. The zero-order valence-electron chi connectivity index (χ0n) is 20.5. The summed E-state index contributed by atoms with van der Waals surface area (Å²) in [6, 6.07) is 5.36. The van der Waals surface area contributed by atoms with Gasteiger partial charge in [-0.2, -0.15) is 9.61 Å². The summed E-state index contributed by atoms with van der Waals surface area (Å²) in [7, 11) is 5.38. The van der Waals surface area contributed by atoms with Crippen LogP contribution in [-0.2, 0) is 4.74 Å². The Morgan fingerprint density at radius 1 is 1.25 bits per heavy atom. The number of carbonyl (C=O) groups excluding carboxylic acids is 1. The number of anilines is 1. The molecule has 0 unspecified atom stereocenters. The molecule has 4 aromatic rings. The number of aromatic nitrogens is 5. The summed E-state index contributed by atoms with van der Waals surface area (Å²) in [6.07, 6.45) is 6.03. The van der Waals surface area contributed by atoms with Crippen LogP contribution in [0.1, 0.15) is 29.2 Å². The first-order valence-electron chi connectivity index (χ1n) is 12.2. The Morgan fingerprint density at radius 2 is 2.11 bits per heavy atom. The molecule has 6 rings (SSSR count). The van der Waals surface area contributed by atoms with Crippen molar-refractivity contribution in [2.75, 3.05) is 39.6 Å². The number of likely N-dealkylation sites (tertiary alicyclic amines) is 1. The van der Waals surface area contributed by atoms with Gasteiger partial charge in [0.25, 0.3) is 5.91 Å². The largest absolute Gasteiger partial charge is 0.379 e. The number of hydrogen-bond donors (Lipinski definition) is 2. The molecule has 5 heterocycles. The van der Waals surface area contributed by atoms with Gasteiger partial charge in [0.05, 0.1) is 30.1 Å². The average molecular weight is 493 g/mol. The maximum atomic E-state index is 14.9. The number of nitrogens with zero attached hydrogens (tertiary/aromatic N) is 6. The maximum absolute atomic E-state index is 14.9. The van der Waals surface area contributed by atoms with Gasteiger partial charge >= 0.3 is 0 Å². The van der Waals surface area contributed by atoms with Crippen LogP contribution in [0.3, 0.4) is 0 Å². The van der Waals surface area contributed by atoms with Crippen molar-refractivity contribution in [1.29, 1.82) is 0 Å². The fourth-order valence-corrected chi connectivity index (χ4v) is 5.33. The lowest BCUT2D eigenvalue weighted by Gasteiger charge is -2.35. The first-order valence-corrected chi connectivity index (χ1v) is 12.2. The molecule has 36 heavy (non-hydrogen) atoms. The molecular weight excluding hydrogens is 463 g/mol. The van der Waals surface area contributed by atoms with E-state index >= 15 is 0 Å². The number of hydrogen-bond acceptors (Lipinski definition) is 7. The number of halogens is 1. The highest BCUT2D eigenvalue weighted by atomic mass is 19.1. The number of ether oxygens (including phenoxy) is 1. The molecule has 2 N–H and O–H groups in total. The Balaban J connectivity index is 1.45. The van der Waals surface area contributed by atoms with Crippen molar-refractivity contribution in [3.05, 3.63) is 42.4 Å². The fraction of sp³-hybridized carbons (Fsp3) is 0.440. The number of pyridine rings is 1. The summed E-state index contributed by atoms with van der Waals surface area (Å²) in [4.78, 5) is 24.6. The summed E-state index contributed by atoms with van der Waals surface area (Å²) >= 11 is 0. The molecule has 0 aromatic carbocycles. The van der Waals surface area contributed by atoms with E-state index in [1.807, 2.05) is 40.9 Å². The Hall–Kier alpha value is -3.57. The Bertz CT molecular complexity index is 1450. The summed E-state index contributed by atoms with van der Waals surface area (Å²) in [6.45, 7) is 0.992. The van der Waals surface area contributed by atoms with E-state index in [0.717, 1.165) is 23.8 Å². The van der Waals surface area contributed by atoms with Crippen LogP contribution in [0.15, 0.2) is 36.8 Å². The second kappa shape index (κ2) is 8.82. The molecule has 0 spiro atoms. The molecule has 0 radical (unpaired) electrons. The van der Waals surface area contributed by atoms with E-state index in [-0.39, 0.29) is 24.1 Å². The molecule has 10 nitrogen and oxygen atoms in total. The molecule has 4 aromatic heterocycles. The second-order valence-electron chi connectivity index (χ2n) is 9.63. The van der Waals surface area contributed by atoms with Gasteiger partial charge in [-0.1, -0.05) is 0 Å². The Morgan fingerprint density at radius 3 is 2.81 bits per heavy atom.